The Kier molecular flexibility index (Phi) is 4.00. The summed E-state index contributed by atoms with van der Waals surface area (Å²) >= 11 is 12.1. The molecule has 0 radical (unpaired) electrons. The molecule has 0 amide bonds. The van der Waals surface area contributed by atoms with E-state index in [1.165, 1.54) is 0 Å². The van der Waals surface area contributed by atoms with Crippen molar-refractivity contribution in [2.24, 2.45) is 0 Å². The summed E-state index contributed by atoms with van der Waals surface area (Å²) in [5.41, 5.74) is 8.56. The summed E-state index contributed by atoms with van der Waals surface area (Å²) in [7, 11) is 1.99. The topological polar surface area (TPSA) is 29.3 Å². The van der Waals surface area contributed by atoms with E-state index in [0.29, 0.717) is 11.6 Å². The predicted molar refractivity (Wildman–Crippen MR) is 79.4 cm³/mol. The molecule has 0 bridgehead atoms. The van der Waals surface area contributed by atoms with Crippen LogP contribution in [-0.4, -0.2) is 7.05 Å². The van der Waals surface area contributed by atoms with Crippen molar-refractivity contribution in [2.75, 3.05) is 17.7 Å². The van der Waals surface area contributed by atoms with Crippen molar-refractivity contribution >= 4 is 34.6 Å². The molecule has 4 heteroatoms. The van der Waals surface area contributed by atoms with Gasteiger partial charge in [0.25, 0.3) is 0 Å². The van der Waals surface area contributed by atoms with Crippen LogP contribution in [0.5, 0.6) is 0 Å². The van der Waals surface area contributed by atoms with Gasteiger partial charge >= 0.3 is 0 Å². The number of rotatable bonds is 3. The Morgan fingerprint density at radius 3 is 2.61 bits per heavy atom. The maximum Gasteiger partial charge on any atom is 0.0456 e. The van der Waals surface area contributed by atoms with E-state index in [4.69, 9.17) is 28.9 Å². The lowest BCUT2D eigenvalue weighted by Crippen LogP contribution is -2.16. The number of hydrogen-bond donors (Lipinski definition) is 1. The molecule has 0 atom stereocenters. The maximum atomic E-state index is 6.15. The standard InChI is InChI=1S/C14H14Cl2N2/c1-18(13-4-2-3-12(17)8-13)9-10-7-11(15)5-6-14(10)16/h2-8H,9,17H2,1H3. The predicted octanol–water partition coefficient (Wildman–Crippen LogP) is 4.21. The van der Waals surface area contributed by atoms with E-state index in [1.807, 2.05) is 43.4 Å². The van der Waals surface area contributed by atoms with Crippen molar-refractivity contribution in [3.05, 3.63) is 58.1 Å². The van der Waals surface area contributed by atoms with Crippen LogP contribution in [-0.2, 0) is 6.54 Å². The van der Waals surface area contributed by atoms with Gasteiger partial charge in [0.05, 0.1) is 0 Å². The minimum atomic E-state index is 0.683. The van der Waals surface area contributed by atoms with Gasteiger partial charge in [-0.1, -0.05) is 29.3 Å². The van der Waals surface area contributed by atoms with E-state index in [-0.39, 0.29) is 0 Å². The quantitative estimate of drug-likeness (QED) is 0.854. The highest BCUT2D eigenvalue weighted by Crippen LogP contribution is 2.24. The van der Waals surface area contributed by atoms with E-state index in [2.05, 4.69) is 4.90 Å². The number of nitrogens with two attached hydrogens (primary N) is 1. The molecule has 0 aliphatic heterocycles. The van der Waals surface area contributed by atoms with E-state index < -0.39 is 0 Å². The molecule has 2 rings (SSSR count). The first-order valence-corrected chi connectivity index (χ1v) is 6.32. The molecule has 0 fully saturated rings. The molecule has 0 aliphatic rings. The van der Waals surface area contributed by atoms with Crippen LogP contribution in [0.1, 0.15) is 5.56 Å². The molecule has 0 saturated carbocycles. The number of halogens is 2. The second kappa shape index (κ2) is 5.51. The van der Waals surface area contributed by atoms with Crippen LogP contribution in [0.25, 0.3) is 0 Å². The van der Waals surface area contributed by atoms with Crippen LogP contribution < -0.4 is 10.6 Å². The van der Waals surface area contributed by atoms with Gasteiger partial charge in [0.1, 0.15) is 0 Å². The summed E-state index contributed by atoms with van der Waals surface area (Å²) in [5, 5.41) is 1.41. The van der Waals surface area contributed by atoms with Gasteiger partial charge in [-0.2, -0.15) is 0 Å². The molecule has 0 spiro atoms. The van der Waals surface area contributed by atoms with Gasteiger partial charge in [-0.15, -0.1) is 0 Å². The summed E-state index contributed by atoms with van der Waals surface area (Å²) in [5.74, 6) is 0. The van der Waals surface area contributed by atoms with Crippen LogP contribution >= 0.6 is 23.2 Å². The molecule has 2 nitrogen and oxygen atoms in total. The van der Waals surface area contributed by atoms with Crippen molar-refractivity contribution in [2.45, 2.75) is 6.54 Å². The minimum Gasteiger partial charge on any atom is -0.399 e. The minimum absolute atomic E-state index is 0.683. The van der Waals surface area contributed by atoms with Gasteiger partial charge in [-0.05, 0) is 42.0 Å². The lowest BCUT2D eigenvalue weighted by molar-refractivity contribution is 0.924. The second-order valence-corrected chi connectivity index (χ2v) is 5.03. The first kappa shape index (κ1) is 13.1. The summed E-state index contributed by atoms with van der Waals surface area (Å²) in [6.45, 7) is 0.683. The largest absolute Gasteiger partial charge is 0.399 e. The van der Waals surface area contributed by atoms with E-state index >= 15 is 0 Å². The van der Waals surface area contributed by atoms with E-state index in [1.54, 1.807) is 6.07 Å². The maximum absolute atomic E-state index is 6.15. The fourth-order valence-corrected chi connectivity index (χ4v) is 2.15. The Bertz CT molecular complexity index is 555. The second-order valence-electron chi connectivity index (χ2n) is 4.19. The van der Waals surface area contributed by atoms with Crippen LogP contribution in [0.3, 0.4) is 0 Å². The highest BCUT2D eigenvalue weighted by molar-refractivity contribution is 6.33. The van der Waals surface area contributed by atoms with Gasteiger partial charge in [0.2, 0.25) is 0 Å². The van der Waals surface area contributed by atoms with Crippen molar-refractivity contribution in [3.8, 4) is 0 Å². The van der Waals surface area contributed by atoms with Crippen molar-refractivity contribution < 1.29 is 0 Å². The van der Waals surface area contributed by atoms with Crippen molar-refractivity contribution in [1.29, 1.82) is 0 Å². The van der Waals surface area contributed by atoms with Crippen LogP contribution in [0.15, 0.2) is 42.5 Å². The van der Waals surface area contributed by atoms with Crippen molar-refractivity contribution in [3.63, 3.8) is 0 Å². The number of hydrogen-bond acceptors (Lipinski definition) is 2. The summed E-state index contributed by atoms with van der Waals surface area (Å²) < 4.78 is 0. The Hall–Kier alpha value is -1.38. The molecular formula is C14H14Cl2N2. The monoisotopic (exact) mass is 280 g/mol. The molecule has 2 N–H and O–H groups in total. The number of anilines is 2. The SMILES string of the molecule is CN(Cc1cc(Cl)ccc1Cl)c1cccc(N)c1. The molecule has 0 heterocycles. The summed E-state index contributed by atoms with van der Waals surface area (Å²) in [6, 6.07) is 13.2. The third kappa shape index (κ3) is 3.09. The third-order valence-electron chi connectivity index (χ3n) is 2.73. The third-order valence-corrected chi connectivity index (χ3v) is 3.33. The van der Waals surface area contributed by atoms with Gasteiger partial charge in [0.15, 0.2) is 0 Å². The molecule has 2 aromatic rings. The fourth-order valence-electron chi connectivity index (χ4n) is 1.77. The van der Waals surface area contributed by atoms with Gasteiger partial charge in [-0.3, -0.25) is 0 Å². The summed E-state index contributed by atoms with van der Waals surface area (Å²) in [4.78, 5) is 2.08. The lowest BCUT2D eigenvalue weighted by Gasteiger charge is -2.20. The molecule has 2 aromatic carbocycles. The van der Waals surface area contributed by atoms with Gasteiger partial charge in [-0.25, -0.2) is 0 Å². The zero-order valence-corrected chi connectivity index (χ0v) is 11.5. The lowest BCUT2D eigenvalue weighted by atomic mass is 10.2. The number of nitrogens with zero attached hydrogens (tertiary/aromatic N) is 1. The van der Waals surface area contributed by atoms with E-state index in [0.717, 1.165) is 22.0 Å². The molecule has 18 heavy (non-hydrogen) atoms. The Labute approximate surface area is 117 Å². The average Bonchev–Trinajstić information content (AvgIpc) is 2.34. The Balaban J connectivity index is 2.21. The molecule has 0 unspecified atom stereocenters. The fraction of sp³-hybridized carbons (Fsp3) is 0.143. The molecule has 0 aliphatic carbocycles. The normalized spacial score (nSPS) is 10.4. The number of benzene rings is 2. The smallest absolute Gasteiger partial charge is 0.0456 e. The Morgan fingerprint density at radius 1 is 1.11 bits per heavy atom. The van der Waals surface area contributed by atoms with Crippen molar-refractivity contribution in [1.82, 2.24) is 0 Å². The molecule has 0 saturated heterocycles. The molecular weight excluding hydrogens is 267 g/mol. The van der Waals surface area contributed by atoms with Crippen LogP contribution in [0.2, 0.25) is 10.0 Å². The van der Waals surface area contributed by atoms with Crippen LogP contribution in [0, 0.1) is 0 Å². The average molecular weight is 281 g/mol. The van der Waals surface area contributed by atoms with Crippen LogP contribution in [0.4, 0.5) is 11.4 Å². The van der Waals surface area contributed by atoms with Gasteiger partial charge < -0.3 is 10.6 Å². The highest BCUT2D eigenvalue weighted by atomic mass is 35.5. The highest BCUT2D eigenvalue weighted by Gasteiger charge is 2.06. The zero-order valence-electron chi connectivity index (χ0n) is 10.0. The van der Waals surface area contributed by atoms with Gasteiger partial charge in [0, 0.05) is 35.0 Å². The Morgan fingerprint density at radius 2 is 1.89 bits per heavy atom. The zero-order chi connectivity index (χ0) is 13.1. The van der Waals surface area contributed by atoms with E-state index in [9.17, 15) is 0 Å². The molecule has 94 valence electrons. The first-order chi connectivity index (χ1) is 8.56. The molecule has 0 aromatic heterocycles. The number of nitrogen functional groups attached to an aromatic ring is 1. The summed E-state index contributed by atoms with van der Waals surface area (Å²) in [6.07, 6.45) is 0. The first-order valence-electron chi connectivity index (χ1n) is 5.57.